The van der Waals surface area contributed by atoms with Crippen LogP contribution in [0, 0.1) is 0 Å². The van der Waals surface area contributed by atoms with Crippen molar-refractivity contribution >= 4 is 22.0 Å². The van der Waals surface area contributed by atoms with E-state index < -0.39 is 40.0 Å². The number of benzene rings is 2. The fourth-order valence-electron chi connectivity index (χ4n) is 3.84. The smallest absolute Gasteiger partial charge is 0.275 e. The van der Waals surface area contributed by atoms with E-state index >= 15 is 0 Å². The predicted octanol–water partition coefficient (Wildman–Crippen LogP) is 0.457. The molecule has 1 fully saturated rings. The molecule has 3 rings (SSSR count). The molecule has 9 heteroatoms. The second-order valence-corrected chi connectivity index (χ2v) is 8.36. The van der Waals surface area contributed by atoms with Gasteiger partial charge in [-0.3, -0.25) is 9.59 Å². The summed E-state index contributed by atoms with van der Waals surface area (Å²) in [6.45, 7) is 0.325. The molecular formula is C20H24N4O4S. The molecular weight excluding hydrogens is 392 g/mol. The first-order chi connectivity index (χ1) is 13.8. The summed E-state index contributed by atoms with van der Waals surface area (Å²) in [6.07, 6.45) is 1.06. The molecule has 8 nitrogen and oxygen atoms in total. The number of nitrogens with one attached hydrogen (secondary N) is 1. The maximum Gasteiger partial charge on any atom is 0.275 e. The summed E-state index contributed by atoms with van der Waals surface area (Å²) in [4.78, 5) is 26.6. The van der Waals surface area contributed by atoms with Gasteiger partial charge in [-0.15, -0.1) is 0 Å². The molecule has 1 aliphatic heterocycles. The van der Waals surface area contributed by atoms with Gasteiger partial charge in [0.2, 0.25) is 11.8 Å². The zero-order chi connectivity index (χ0) is 21.0. The Morgan fingerprint density at radius 2 is 1.52 bits per heavy atom. The van der Waals surface area contributed by atoms with Crippen LogP contribution in [0.15, 0.2) is 60.7 Å². The van der Waals surface area contributed by atoms with Gasteiger partial charge in [-0.05, 0) is 24.0 Å². The highest BCUT2D eigenvalue weighted by Gasteiger charge is 2.41. The zero-order valence-corrected chi connectivity index (χ0v) is 16.6. The van der Waals surface area contributed by atoms with Gasteiger partial charge in [-0.25, -0.2) is 5.14 Å². The maximum absolute atomic E-state index is 13.5. The summed E-state index contributed by atoms with van der Waals surface area (Å²) >= 11 is 0. The van der Waals surface area contributed by atoms with Crippen LogP contribution in [0.4, 0.5) is 0 Å². The van der Waals surface area contributed by atoms with Gasteiger partial charge in [-0.2, -0.15) is 13.1 Å². The van der Waals surface area contributed by atoms with Crippen molar-refractivity contribution in [2.45, 2.75) is 30.8 Å². The van der Waals surface area contributed by atoms with Gasteiger partial charge in [0.15, 0.2) is 0 Å². The van der Waals surface area contributed by atoms with E-state index in [2.05, 4.69) is 4.72 Å². The fraction of sp³-hybridized carbons (Fsp3) is 0.300. The maximum atomic E-state index is 13.5. The van der Waals surface area contributed by atoms with Gasteiger partial charge < -0.3 is 10.6 Å². The van der Waals surface area contributed by atoms with Crippen molar-refractivity contribution in [1.29, 1.82) is 0 Å². The molecule has 2 aromatic carbocycles. The third-order valence-electron chi connectivity index (χ3n) is 5.07. The van der Waals surface area contributed by atoms with Crippen molar-refractivity contribution in [1.82, 2.24) is 9.62 Å². The Morgan fingerprint density at radius 1 is 1.00 bits per heavy atom. The average molecular weight is 417 g/mol. The largest absolute Gasteiger partial charge is 0.368 e. The van der Waals surface area contributed by atoms with E-state index in [4.69, 9.17) is 10.9 Å². The predicted molar refractivity (Wildman–Crippen MR) is 109 cm³/mol. The number of likely N-dealkylation sites (tertiary alicyclic amines) is 1. The van der Waals surface area contributed by atoms with Gasteiger partial charge in [0.05, 0.1) is 0 Å². The van der Waals surface area contributed by atoms with Crippen molar-refractivity contribution in [3.05, 3.63) is 71.8 Å². The van der Waals surface area contributed by atoms with Crippen molar-refractivity contribution in [3.63, 3.8) is 0 Å². The monoisotopic (exact) mass is 416 g/mol. The van der Waals surface area contributed by atoms with Crippen molar-refractivity contribution in [2.24, 2.45) is 10.9 Å². The molecule has 2 atom stereocenters. The van der Waals surface area contributed by atoms with Crippen molar-refractivity contribution < 1.29 is 18.0 Å². The Kier molecular flexibility index (Phi) is 6.31. The lowest BCUT2D eigenvalue weighted by Crippen LogP contribution is -2.56. The Balaban J connectivity index is 2.09. The van der Waals surface area contributed by atoms with Crippen molar-refractivity contribution in [2.75, 3.05) is 6.54 Å². The van der Waals surface area contributed by atoms with Crippen LogP contribution in [0.25, 0.3) is 0 Å². The highest BCUT2D eigenvalue weighted by Crippen LogP contribution is 2.31. The summed E-state index contributed by atoms with van der Waals surface area (Å²) in [5.41, 5.74) is 6.93. The Bertz CT molecular complexity index is 927. The second-order valence-electron chi connectivity index (χ2n) is 7.03. The highest BCUT2D eigenvalue weighted by molar-refractivity contribution is 7.87. The summed E-state index contributed by atoms with van der Waals surface area (Å²) in [7, 11) is -4.21. The fourth-order valence-corrected chi connectivity index (χ4v) is 4.43. The van der Waals surface area contributed by atoms with E-state index in [-0.39, 0.29) is 0 Å². The zero-order valence-electron chi connectivity index (χ0n) is 15.8. The third kappa shape index (κ3) is 5.00. The van der Waals surface area contributed by atoms with Crippen LogP contribution in [0.3, 0.4) is 0 Å². The van der Waals surface area contributed by atoms with Crippen molar-refractivity contribution in [3.8, 4) is 0 Å². The molecule has 0 aliphatic carbocycles. The number of rotatable bonds is 7. The molecule has 0 spiro atoms. The standard InChI is InChI=1S/C20H24N4O4S/c21-19(25)16-12-7-13-24(16)20(26)18(23-29(22,27)28)17(14-8-3-1-4-9-14)15-10-5-2-6-11-15/h1-6,8-11,16-18,23H,7,12-13H2,(H2,21,25)(H2,22,27,28)/t16?,18-/m1/s1. The minimum atomic E-state index is -4.21. The first-order valence-electron chi connectivity index (χ1n) is 9.27. The number of primary amides is 1. The van der Waals surface area contributed by atoms with Crippen LogP contribution in [-0.2, 0) is 19.8 Å². The molecule has 1 unspecified atom stereocenters. The lowest BCUT2D eigenvalue weighted by molar-refractivity contribution is -0.138. The molecule has 1 heterocycles. The molecule has 0 radical (unpaired) electrons. The van der Waals surface area contributed by atoms with Gasteiger partial charge >= 0.3 is 0 Å². The number of hydrogen-bond acceptors (Lipinski definition) is 4. The Labute approximate surface area is 170 Å². The second kappa shape index (κ2) is 8.73. The summed E-state index contributed by atoms with van der Waals surface area (Å²) in [5.74, 6) is -1.78. The lowest BCUT2D eigenvalue weighted by Gasteiger charge is -2.32. The quantitative estimate of drug-likeness (QED) is 0.604. The van der Waals surface area contributed by atoms with Crippen LogP contribution >= 0.6 is 0 Å². The molecule has 0 saturated carbocycles. The van der Waals surface area contributed by atoms with Gasteiger partial charge in [0, 0.05) is 12.5 Å². The Morgan fingerprint density at radius 3 is 1.97 bits per heavy atom. The minimum Gasteiger partial charge on any atom is -0.368 e. The number of amides is 2. The van der Waals surface area contributed by atoms with E-state index in [0.29, 0.717) is 19.4 Å². The summed E-state index contributed by atoms with van der Waals surface area (Å²) in [5, 5.41) is 5.26. The van der Waals surface area contributed by atoms with Crippen LogP contribution < -0.4 is 15.6 Å². The number of nitrogens with two attached hydrogens (primary N) is 2. The molecule has 1 aliphatic rings. The van der Waals surface area contributed by atoms with Crippen LogP contribution in [0.2, 0.25) is 0 Å². The van der Waals surface area contributed by atoms with Crippen LogP contribution in [0.5, 0.6) is 0 Å². The van der Waals surface area contributed by atoms with Gasteiger partial charge in [0.1, 0.15) is 12.1 Å². The summed E-state index contributed by atoms with van der Waals surface area (Å²) in [6, 6.07) is 16.2. The van der Waals surface area contributed by atoms with E-state index in [1.807, 2.05) is 60.7 Å². The number of nitrogens with zero attached hydrogens (tertiary/aromatic N) is 1. The normalized spacial score (nSPS) is 18.0. The molecule has 154 valence electrons. The molecule has 29 heavy (non-hydrogen) atoms. The van der Waals surface area contributed by atoms with E-state index in [9.17, 15) is 18.0 Å². The summed E-state index contributed by atoms with van der Waals surface area (Å²) < 4.78 is 26.2. The number of carbonyl (C=O) groups excluding carboxylic acids is 2. The first-order valence-corrected chi connectivity index (χ1v) is 10.8. The molecule has 0 aromatic heterocycles. The topological polar surface area (TPSA) is 136 Å². The average Bonchev–Trinajstić information content (AvgIpc) is 3.18. The SMILES string of the molecule is NC(=O)C1CCCN1C(=O)[C@H](NS(N)(=O)=O)C(c1ccccc1)c1ccccc1. The van der Waals surface area contributed by atoms with Gasteiger partial charge in [-0.1, -0.05) is 60.7 Å². The number of carbonyl (C=O) groups is 2. The van der Waals surface area contributed by atoms with Gasteiger partial charge in [0.25, 0.3) is 10.2 Å². The molecule has 5 N–H and O–H groups in total. The Hall–Kier alpha value is -2.75. The lowest BCUT2D eigenvalue weighted by atomic mass is 9.84. The molecule has 0 bridgehead atoms. The molecule has 1 saturated heterocycles. The van der Waals surface area contributed by atoms with E-state index in [1.54, 1.807) is 0 Å². The van der Waals surface area contributed by atoms with E-state index in [0.717, 1.165) is 11.1 Å². The number of hydrogen-bond donors (Lipinski definition) is 3. The van der Waals surface area contributed by atoms with Crippen LogP contribution in [-0.4, -0.2) is 43.8 Å². The highest BCUT2D eigenvalue weighted by atomic mass is 32.2. The molecule has 2 aromatic rings. The van der Waals surface area contributed by atoms with Crippen LogP contribution in [0.1, 0.15) is 29.9 Å². The first kappa shape index (κ1) is 21.0. The van der Waals surface area contributed by atoms with E-state index in [1.165, 1.54) is 4.90 Å². The molecule has 2 amide bonds. The minimum absolute atomic E-state index is 0.325. The third-order valence-corrected chi connectivity index (χ3v) is 5.65.